The van der Waals surface area contributed by atoms with E-state index in [1.807, 2.05) is 0 Å². The average Bonchev–Trinajstić information content (AvgIpc) is 2.83. The molecule has 1 N–H and O–H groups in total. The highest BCUT2D eigenvalue weighted by atomic mass is 32.2. The Bertz CT molecular complexity index is 728. The van der Waals surface area contributed by atoms with Gasteiger partial charge in [-0.1, -0.05) is 30.3 Å². The highest BCUT2D eigenvalue weighted by Gasteiger charge is 2.26. The first-order valence-electron chi connectivity index (χ1n) is 7.18. The number of rotatable bonds is 5. The smallest absolute Gasteiger partial charge is 0.151 e. The molecule has 1 saturated heterocycles. The van der Waals surface area contributed by atoms with Crippen LogP contribution in [0, 0.1) is 0 Å². The number of sulfone groups is 1. The van der Waals surface area contributed by atoms with Crippen LogP contribution in [-0.2, 0) is 9.84 Å². The molecule has 2 aromatic rings. The summed E-state index contributed by atoms with van der Waals surface area (Å²) in [6.07, 6.45) is 0.753. The number of hydrogen-bond acceptors (Lipinski definition) is 4. The van der Waals surface area contributed by atoms with Gasteiger partial charge in [0.2, 0.25) is 0 Å². The van der Waals surface area contributed by atoms with E-state index in [0.717, 1.165) is 18.7 Å². The number of benzene rings is 2. The van der Waals surface area contributed by atoms with Crippen molar-refractivity contribution in [1.82, 2.24) is 5.32 Å². The summed E-state index contributed by atoms with van der Waals surface area (Å²) in [6, 6.07) is 15.0. The molecule has 0 amide bonds. The van der Waals surface area contributed by atoms with E-state index in [1.165, 1.54) is 15.7 Å². The minimum atomic E-state index is -2.78. The van der Waals surface area contributed by atoms with E-state index in [-0.39, 0.29) is 6.04 Å². The largest absolute Gasteiger partial charge is 0.312 e. The van der Waals surface area contributed by atoms with Gasteiger partial charge in [0.1, 0.15) is 0 Å². The average molecular weight is 321 g/mol. The van der Waals surface area contributed by atoms with Crippen molar-refractivity contribution in [3.05, 3.63) is 42.5 Å². The van der Waals surface area contributed by atoms with Crippen LogP contribution in [0.2, 0.25) is 0 Å². The van der Waals surface area contributed by atoms with Gasteiger partial charge in [-0.25, -0.2) is 8.42 Å². The molecule has 1 aliphatic rings. The van der Waals surface area contributed by atoms with Crippen LogP contribution in [0.15, 0.2) is 47.4 Å². The first-order chi connectivity index (χ1) is 10.1. The van der Waals surface area contributed by atoms with Crippen LogP contribution < -0.4 is 5.32 Å². The second kappa shape index (κ2) is 6.38. The van der Waals surface area contributed by atoms with E-state index in [4.69, 9.17) is 0 Å². The Morgan fingerprint density at radius 1 is 1.14 bits per heavy atom. The number of thioether (sulfide) groups is 1. The zero-order valence-electron chi connectivity index (χ0n) is 11.8. The van der Waals surface area contributed by atoms with Gasteiger partial charge in [-0.15, -0.1) is 11.8 Å². The Morgan fingerprint density at radius 3 is 2.71 bits per heavy atom. The summed E-state index contributed by atoms with van der Waals surface area (Å²) in [7, 11) is -2.78. The molecule has 0 aliphatic carbocycles. The van der Waals surface area contributed by atoms with Gasteiger partial charge in [0.25, 0.3) is 0 Å². The van der Waals surface area contributed by atoms with Gasteiger partial charge in [0.15, 0.2) is 9.84 Å². The maximum absolute atomic E-state index is 11.4. The van der Waals surface area contributed by atoms with Gasteiger partial charge in [-0.05, 0) is 29.3 Å². The fraction of sp³-hybridized carbons (Fsp3) is 0.375. The lowest BCUT2D eigenvalue weighted by atomic mass is 10.1. The zero-order valence-corrected chi connectivity index (χ0v) is 13.4. The van der Waals surface area contributed by atoms with Crippen molar-refractivity contribution >= 4 is 32.4 Å². The van der Waals surface area contributed by atoms with Gasteiger partial charge in [0, 0.05) is 23.2 Å². The van der Waals surface area contributed by atoms with E-state index in [9.17, 15) is 8.42 Å². The standard InChI is InChI=1S/C16H19NO2S2/c18-21(19)10-7-15(12-21)17-8-9-20-16-6-5-13-3-1-2-4-14(13)11-16/h1-6,11,15,17H,7-10,12H2. The van der Waals surface area contributed by atoms with Gasteiger partial charge in [0.05, 0.1) is 11.5 Å². The SMILES string of the molecule is O=S1(=O)CCC(NCCSc2ccc3ccccc3c2)C1. The summed E-state index contributed by atoms with van der Waals surface area (Å²) in [5.74, 6) is 1.59. The van der Waals surface area contributed by atoms with Crippen LogP contribution >= 0.6 is 11.8 Å². The summed E-state index contributed by atoms with van der Waals surface area (Å²) in [6.45, 7) is 0.845. The second-order valence-electron chi connectivity index (χ2n) is 5.41. The van der Waals surface area contributed by atoms with Crippen LogP contribution in [0.4, 0.5) is 0 Å². The predicted molar refractivity (Wildman–Crippen MR) is 89.7 cm³/mol. The summed E-state index contributed by atoms with van der Waals surface area (Å²) < 4.78 is 22.7. The van der Waals surface area contributed by atoms with Crippen molar-refractivity contribution in [3.8, 4) is 0 Å². The van der Waals surface area contributed by atoms with Gasteiger partial charge in [-0.3, -0.25) is 0 Å². The molecule has 1 atom stereocenters. The van der Waals surface area contributed by atoms with Crippen molar-refractivity contribution in [2.24, 2.45) is 0 Å². The third-order valence-electron chi connectivity index (χ3n) is 3.76. The first kappa shape index (κ1) is 14.9. The fourth-order valence-electron chi connectivity index (χ4n) is 2.65. The van der Waals surface area contributed by atoms with Crippen LogP contribution in [0.25, 0.3) is 10.8 Å². The molecule has 0 saturated carbocycles. The lowest BCUT2D eigenvalue weighted by Crippen LogP contribution is -2.31. The molecule has 1 heterocycles. The van der Waals surface area contributed by atoms with Gasteiger partial charge < -0.3 is 5.32 Å². The van der Waals surface area contributed by atoms with Gasteiger partial charge >= 0.3 is 0 Å². The van der Waals surface area contributed by atoms with Crippen LogP contribution in [0.1, 0.15) is 6.42 Å². The van der Waals surface area contributed by atoms with E-state index in [2.05, 4.69) is 47.8 Å². The molecular weight excluding hydrogens is 302 g/mol. The lowest BCUT2D eigenvalue weighted by molar-refractivity contribution is 0.575. The number of hydrogen-bond donors (Lipinski definition) is 1. The molecule has 21 heavy (non-hydrogen) atoms. The van der Waals surface area contributed by atoms with E-state index in [0.29, 0.717) is 11.5 Å². The minimum Gasteiger partial charge on any atom is -0.312 e. The van der Waals surface area contributed by atoms with Crippen LogP contribution in [0.5, 0.6) is 0 Å². The third kappa shape index (κ3) is 3.99. The summed E-state index contributed by atoms with van der Waals surface area (Å²) in [5, 5.41) is 5.87. The van der Waals surface area contributed by atoms with E-state index >= 15 is 0 Å². The maximum atomic E-state index is 11.4. The molecule has 112 valence electrons. The molecule has 0 spiro atoms. The highest BCUT2D eigenvalue weighted by molar-refractivity contribution is 7.99. The molecule has 5 heteroatoms. The molecule has 3 nitrogen and oxygen atoms in total. The molecular formula is C16H19NO2S2. The topological polar surface area (TPSA) is 46.2 Å². The normalized spacial score (nSPS) is 20.9. The van der Waals surface area contributed by atoms with Crippen molar-refractivity contribution in [3.63, 3.8) is 0 Å². The Kier molecular flexibility index (Phi) is 4.52. The van der Waals surface area contributed by atoms with E-state index < -0.39 is 9.84 Å². The molecule has 1 unspecified atom stereocenters. The third-order valence-corrected chi connectivity index (χ3v) is 6.52. The number of nitrogens with one attached hydrogen (secondary N) is 1. The summed E-state index contributed by atoms with van der Waals surface area (Å²) in [4.78, 5) is 1.26. The molecule has 0 bridgehead atoms. The second-order valence-corrected chi connectivity index (χ2v) is 8.81. The van der Waals surface area contributed by atoms with Crippen LogP contribution in [-0.4, -0.2) is 38.3 Å². The predicted octanol–water partition coefficient (Wildman–Crippen LogP) is 2.71. The van der Waals surface area contributed by atoms with E-state index in [1.54, 1.807) is 11.8 Å². The molecule has 2 aromatic carbocycles. The highest BCUT2D eigenvalue weighted by Crippen LogP contribution is 2.23. The monoisotopic (exact) mass is 321 g/mol. The zero-order chi connectivity index (χ0) is 14.7. The quantitative estimate of drug-likeness (QED) is 0.679. The lowest BCUT2D eigenvalue weighted by Gasteiger charge is -2.10. The molecule has 0 radical (unpaired) electrons. The maximum Gasteiger partial charge on any atom is 0.151 e. The van der Waals surface area contributed by atoms with Crippen LogP contribution in [0.3, 0.4) is 0 Å². The van der Waals surface area contributed by atoms with Crippen molar-refractivity contribution < 1.29 is 8.42 Å². The van der Waals surface area contributed by atoms with Crippen molar-refractivity contribution in [2.75, 3.05) is 23.8 Å². The molecule has 1 fully saturated rings. The fourth-order valence-corrected chi connectivity index (χ4v) is 5.18. The summed E-state index contributed by atoms with van der Waals surface area (Å²) in [5.41, 5.74) is 0. The first-order valence-corrected chi connectivity index (χ1v) is 9.98. The Labute approximate surface area is 130 Å². The molecule has 0 aromatic heterocycles. The van der Waals surface area contributed by atoms with Gasteiger partial charge in [-0.2, -0.15) is 0 Å². The Hall–Kier alpha value is -1.04. The summed E-state index contributed by atoms with van der Waals surface area (Å²) >= 11 is 1.81. The van der Waals surface area contributed by atoms with Crippen molar-refractivity contribution in [2.45, 2.75) is 17.4 Å². The molecule has 1 aliphatic heterocycles. The Balaban J connectivity index is 1.48. The number of fused-ring (bicyclic) bond motifs is 1. The van der Waals surface area contributed by atoms with Crippen molar-refractivity contribution in [1.29, 1.82) is 0 Å². The molecule has 3 rings (SSSR count). The Morgan fingerprint density at radius 2 is 1.95 bits per heavy atom. The minimum absolute atomic E-state index is 0.146.